The Hall–Kier alpha value is -2.87. The fraction of sp³-hybridized carbons (Fsp3) is 0.292. The van der Waals surface area contributed by atoms with Crippen LogP contribution in [0.25, 0.3) is 0 Å². The van der Waals surface area contributed by atoms with Gasteiger partial charge < -0.3 is 15.4 Å². The second-order valence-corrected chi connectivity index (χ2v) is 8.85. The van der Waals surface area contributed by atoms with E-state index in [0.29, 0.717) is 21.5 Å². The Kier molecular flexibility index (Phi) is 7.65. The SMILES string of the molecule is COc1ccc(C2CN(Cc3cncc(Cl)c3)CCC2NC(=O)Nc2ccc(Cl)cc2)nc1. The summed E-state index contributed by atoms with van der Waals surface area (Å²) >= 11 is 12.0. The molecule has 4 rings (SSSR count). The van der Waals surface area contributed by atoms with E-state index in [9.17, 15) is 4.79 Å². The molecule has 2 atom stereocenters. The number of hydrogen-bond acceptors (Lipinski definition) is 5. The number of amides is 2. The van der Waals surface area contributed by atoms with Crippen molar-refractivity contribution in [2.24, 2.45) is 0 Å². The lowest BCUT2D eigenvalue weighted by Gasteiger charge is -2.38. The summed E-state index contributed by atoms with van der Waals surface area (Å²) in [6.45, 7) is 2.28. The molecule has 1 saturated heterocycles. The minimum Gasteiger partial charge on any atom is -0.495 e. The van der Waals surface area contributed by atoms with E-state index in [1.54, 1.807) is 43.8 Å². The van der Waals surface area contributed by atoms with Gasteiger partial charge in [0.25, 0.3) is 0 Å². The zero-order valence-electron chi connectivity index (χ0n) is 18.2. The van der Waals surface area contributed by atoms with Gasteiger partial charge in [-0.15, -0.1) is 0 Å². The van der Waals surface area contributed by atoms with Crippen LogP contribution in [0, 0.1) is 0 Å². The highest BCUT2D eigenvalue weighted by Gasteiger charge is 2.32. The average Bonchev–Trinajstić information content (AvgIpc) is 2.82. The van der Waals surface area contributed by atoms with Gasteiger partial charge in [0.1, 0.15) is 5.75 Å². The lowest BCUT2D eigenvalue weighted by Crippen LogP contribution is -2.50. The summed E-state index contributed by atoms with van der Waals surface area (Å²) in [6, 6.07) is 12.5. The van der Waals surface area contributed by atoms with E-state index < -0.39 is 0 Å². The minimum absolute atomic E-state index is 0.00719. The Labute approximate surface area is 203 Å². The molecule has 1 fully saturated rings. The van der Waals surface area contributed by atoms with E-state index in [-0.39, 0.29) is 18.0 Å². The Balaban J connectivity index is 1.48. The van der Waals surface area contributed by atoms with Crippen molar-refractivity contribution < 1.29 is 9.53 Å². The number of benzene rings is 1. The zero-order valence-corrected chi connectivity index (χ0v) is 19.7. The largest absolute Gasteiger partial charge is 0.495 e. The molecule has 2 N–H and O–H groups in total. The maximum Gasteiger partial charge on any atom is 0.319 e. The molecule has 0 aliphatic carbocycles. The summed E-state index contributed by atoms with van der Waals surface area (Å²) < 4.78 is 5.25. The van der Waals surface area contributed by atoms with Gasteiger partial charge in [-0.05, 0) is 54.4 Å². The summed E-state index contributed by atoms with van der Waals surface area (Å²) in [4.78, 5) is 23.8. The van der Waals surface area contributed by atoms with Crippen molar-refractivity contribution in [2.45, 2.75) is 24.9 Å². The quantitative estimate of drug-likeness (QED) is 0.514. The summed E-state index contributed by atoms with van der Waals surface area (Å²) in [7, 11) is 1.61. The maximum absolute atomic E-state index is 12.7. The van der Waals surface area contributed by atoms with Crippen LogP contribution in [0.3, 0.4) is 0 Å². The number of nitrogens with zero attached hydrogens (tertiary/aromatic N) is 3. The number of ether oxygens (including phenoxy) is 1. The van der Waals surface area contributed by atoms with Crippen LogP contribution >= 0.6 is 23.2 Å². The molecule has 2 aromatic heterocycles. The van der Waals surface area contributed by atoms with Crippen LogP contribution in [0.5, 0.6) is 5.75 Å². The van der Waals surface area contributed by atoms with Crippen LogP contribution in [0.1, 0.15) is 23.6 Å². The highest BCUT2D eigenvalue weighted by Crippen LogP contribution is 2.28. The van der Waals surface area contributed by atoms with Crippen LogP contribution in [0.2, 0.25) is 10.0 Å². The molecule has 172 valence electrons. The fourth-order valence-electron chi connectivity index (χ4n) is 4.04. The van der Waals surface area contributed by atoms with Crippen molar-refractivity contribution in [2.75, 3.05) is 25.5 Å². The van der Waals surface area contributed by atoms with Gasteiger partial charge in [-0.2, -0.15) is 0 Å². The number of piperidine rings is 1. The molecule has 0 saturated carbocycles. The summed E-state index contributed by atoms with van der Waals surface area (Å²) in [5.74, 6) is 0.703. The number of carbonyl (C=O) groups is 1. The Bertz CT molecular complexity index is 1080. The molecule has 7 nitrogen and oxygen atoms in total. The second-order valence-electron chi connectivity index (χ2n) is 7.98. The minimum atomic E-state index is -0.256. The molecule has 0 radical (unpaired) electrons. The lowest BCUT2D eigenvalue weighted by molar-refractivity contribution is 0.166. The topological polar surface area (TPSA) is 79.4 Å². The predicted molar refractivity (Wildman–Crippen MR) is 130 cm³/mol. The Morgan fingerprint density at radius 1 is 1.12 bits per heavy atom. The van der Waals surface area contributed by atoms with Gasteiger partial charge in [-0.3, -0.25) is 14.9 Å². The van der Waals surface area contributed by atoms with Crippen LogP contribution in [0.15, 0.2) is 61.1 Å². The monoisotopic (exact) mass is 485 g/mol. The number of carbonyl (C=O) groups excluding carboxylic acids is 1. The number of halogens is 2. The highest BCUT2D eigenvalue weighted by molar-refractivity contribution is 6.30. The molecular weight excluding hydrogens is 461 g/mol. The first-order valence-corrected chi connectivity index (χ1v) is 11.4. The third-order valence-electron chi connectivity index (χ3n) is 5.66. The second kappa shape index (κ2) is 10.8. The van der Waals surface area contributed by atoms with Crippen molar-refractivity contribution in [1.82, 2.24) is 20.2 Å². The first-order valence-electron chi connectivity index (χ1n) is 10.6. The third kappa shape index (κ3) is 6.35. The van der Waals surface area contributed by atoms with Crippen molar-refractivity contribution in [3.8, 4) is 5.75 Å². The van der Waals surface area contributed by atoms with Gasteiger partial charge in [-0.25, -0.2) is 4.79 Å². The first-order chi connectivity index (χ1) is 16.0. The molecule has 0 spiro atoms. The van der Waals surface area contributed by atoms with Crippen molar-refractivity contribution in [3.05, 3.63) is 82.4 Å². The zero-order chi connectivity index (χ0) is 23.2. The number of pyridine rings is 2. The van der Waals surface area contributed by atoms with Gasteiger partial charge in [0, 0.05) is 60.4 Å². The third-order valence-corrected chi connectivity index (χ3v) is 6.12. The molecule has 0 bridgehead atoms. The molecule has 1 aliphatic heterocycles. The standard InChI is InChI=1S/C24H25Cl2N5O2/c1-33-20-6-7-22(28-13-20)21-15-31(14-16-10-18(26)12-27-11-16)9-8-23(21)30-24(32)29-19-4-2-17(25)3-5-19/h2-7,10-13,21,23H,8-9,14-15H2,1H3,(H2,29,30,32). The van der Waals surface area contributed by atoms with Gasteiger partial charge in [0.15, 0.2) is 0 Å². The van der Waals surface area contributed by atoms with E-state index in [1.165, 1.54) is 0 Å². The van der Waals surface area contributed by atoms with E-state index in [1.807, 2.05) is 24.4 Å². The van der Waals surface area contributed by atoms with Crippen LogP contribution < -0.4 is 15.4 Å². The van der Waals surface area contributed by atoms with Crippen molar-refractivity contribution >= 4 is 34.9 Å². The number of anilines is 1. The van der Waals surface area contributed by atoms with E-state index in [0.717, 1.165) is 37.3 Å². The molecule has 2 unspecified atom stereocenters. The smallest absolute Gasteiger partial charge is 0.319 e. The molecular formula is C24H25Cl2N5O2. The normalized spacial score (nSPS) is 18.5. The van der Waals surface area contributed by atoms with Gasteiger partial charge >= 0.3 is 6.03 Å². The van der Waals surface area contributed by atoms with E-state index in [4.69, 9.17) is 27.9 Å². The van der Waals surface area contributed by atoms with Gasteiger partial charge in [0.05, 0.1) is 18.3 Å². The number of hydrogen-bond donors (Lipinski definition) is 2. The van der Waals surface area contributed by atoms with E-state index >= 15 is 0 Å². The molecule has 33 heavy (non-hydrogen) atoms. The predicted octanol–water partition coefficient (Wildman–Crippen LogP) is 4.97. The average molecular weight is 486 g/mol. The number of urea groups is 1. The van der Waals surface area contributed by atoms with Crippen LogP contribution in [-0.4, -0.2) is 47.1 Å². The van der Waals surface area contributed by atoms with Gasteiger partial charge in [0.2, 0.25) is 0 Å². The molecule has 1 aromatic carbocycles. The number of nitrogens with one attached hydrogen (secondary N) is 2. The van der Waals surface area contributed by atoms with Crippen LogP contribution in [0.4, 0.5) is 10.5 Å². The summed E-state index contributed by atoms with van der Waals surface area (Å²) in [5, 5.41) is 7.26. The van der Waals surface area contributed by atoms with Crippen molar-refractivity contribution in [1.29, 1.82) is 0 Å². The fourth-order valence-corrected chi connectivity index (χ4v) is 4.36. The molecule has 2 amide bonds. The number of aromatic nitrogens is 2. The van der Waals surface area contributed by atoms with Crippen LogP contribution in [-0.2, 0) is 6.54 Å². The number of methoxy groups -OCH3 is 1. The first kappa shape index (κ1) is 23.3. The van der Waals surface area contributed by atoms with E-state index in [2.05, 4.69) is 25.5 Å². The Morgan fingerprint density at radius 3 is 2.64 bits per heavy atom. The van der Waals surface area contributed by atoms with Crippen molar-refractivity contribution in [3.63, 3.8) is 0 Å². The Morgan fingerprint density at radius 2 is 1.94 bits per heavy atom. The van der Waals surface area contributed by atoms with Gasteiger partial charge in [-0.1, -0.05) is 23.2 Å². The highest BCUT2D eigenvalue weighted by atomic mass is 35.5. The number of rotatable bonds is 6. The summed E-state index contributed by atoms with van der Waals surface area (Å²) in [5.41, 5.74) is 2.64. The molecule has 1 aliphatic rings. The lowest BCUT2D eigenvalue weighted by atomic mass is 9.88. The summed E-state index contributed by atoms with van der Waals surface area (Å²) in [6.07, 6.45) is 5.95. The maximum atomic E-state index is 12.7. The molecule has 3 heterocycles. The number of likely N-dealkylation sites (tertiary alicyclic amines) is 1. The molecule has 9 heteroatoms. The molecule has 3 aromatic rings.